The van der Waals surface area contributed by atoms with Crippen LogP contribution in [0.4, 0.5) is 0 Å². The van der Waals surface area contributed by atoms with Gasteiger partial charge in [0.2, 0.25) is 0 Å². The number of carbonyl (C=O) groups excluding carboxylic acids is 5. The molecule has 21 atom stereocenters. The summed E-state index contributed by atoms with van der Waals surface area (Å²) < 4.78 is 67.2. The number of aliphatic hydroxyl groups is 3. The van der Waals surface area contributed by atoms with E-state index in [2.05, 4.69) is 0 Å². The van der Waals surface area contributed by atoms with Crippen LogP contribution in [-0.4, -0.2) is 189 Å². The molecule has 3 saturated heterocycles. The van der Waals surface area contributed by atoms with Crippen molar-refractivity contribution >= 4 is 30.0 Å². The highest BCUT2D eigenvalue weighted by molar-refractivity contribution is 5.91. The van der Waals surface area contributed by atoms with Gasteiger partial charge in [0.15, 0.2) is 30.8 Å². The molecule has 0 aliphatic carbocycles. The molecule has 4 aliphatic rings. The molecule has 3 N–H and O–H groups in total. The lowest BCUT2D eigenvalue weighted by Crippen LogP contribution is -2.65. The van der Waals surface area contributed by atoms with Gasteiger partial charge in [0.25, 0.3) is 0 Å². The molecule has 4 heterocycles. The summed E-state index contributed by atoms with van der Waals surface area (Å²) in [6.07, 6.45) is -8.67. The first-order valence-corrected chi connectivity index (χ1v) is 25.9. The van der Waals surface area contributed by atoms with Crippen LogP contribution < -0.4 is 0 Å². The van der Waals surface area contributed by atoms with Gasteiger partial charge in [-0.05, 0) is 79.5 Å². The van der Waals surface area contributed by atoms with Crippen molar-refractivity contribution < 1.29 is 91.4 Å². The second-order valence-electron chi connectivity index (χ2n) is 21.4. The zero-order valence-corrected chi connectivity index (χ0v) is 45.7. The van der Waals surface area contributed by atoms with Crippen molar-refractivity contribution in [3.05, 3.63) is 23.8 Å². The summed E-state index contributed by atoms with van der Waals surface area (Å²) in [5.74, 6) is -4.87. The Morgan fingerprint density at radius 2 is 1.55 bits per heavy atom. The number of carbonyl (C=O) groups is 5. The SMILES string of the molecule is CC[C@@H]1OC(=O)C[C@@H](OC(C)=O)[C@H](C)[C@@H](O[C@@H]2O[C@@H](C)[C@@H](O[C@H]3C[C@@](C)(O)[C@@H](OC(=O)CC(C)C)[C@@H](C)O3)[C@@H](N(C)C)[C@@H]2O)[C@@H](CC=O)C[C@@H](C)C(=O)/C=C\C(C)=C/[C@H]1CO[C@H]1O[C@@H](C)[C@@H](O)[C@@H](OC)[C@@H]1OC. The van der Waals surface area contributed by atoms with E-state index in [0.717, 1.165) is 0 Å². The topological polar surface area (TPSA) is 251 Å². The van der Waals surface area contributed by atoms with Gasteiger partial charge in [0.1, 0.15) is 54.6 Å². The van der Waals surface area contributed by atoms with Gasteiger partial charge < -0.3 is 77.1 Å². The molecule has 0 unspecified atom stereocenters. The number of aldehydes is 1. The largest absolute Gasteiger partial charge is 0.462 e. The van der Waals surface area contributed by atoms with Crippen LogP contribution in [0.15, 0.2) is 23.8 Å². The molecule has 3 fully saturated rings. The lowest BCUT2D eigenvalue weighted by Gasteiger charge is -2.50. The number of likely N-dealkylation sites (N-methyl/N-ethyl adjacent to an activating group) is 1. The molecule has 0 aromatic rings. The van der Waals surface area contributed by atoms with E-state index in [-0.39, 0.29) is 44.0 Å². The number of nitrogens with zero attached hydrogens (tertiary/aromatic N) is 1. The van der Waals surface area contributed by atoms with Crippen LogP contribution in [-0.2, 0) is 76.1 Å². The summed E-state index contributed by atoms with van der Waals surface area (Å²) in [5.41, 5.74) is -0.865. The second-order valence-corrected chi connectivity index (χ2v) is 21.4. The monoisotopic (exact) mass is 1040 g/mol. The fourth-order valence-electron chi connectivity index (χ4n) is 10.6. The summed E-state index contributed by atoms with van der Waals surface area (Å²) in [6.45, 7) is 18.7. The molecule has 0 bridgehead atoms. The molecule has 20 heteroatoms. The van der Waals surface area contributed by atoms with Crippen LogP contribution in [0.5, 0.6) is 0 Å². The van der Waals surface area contributed by atoms with E-state index >= 15 is 0 Å². The highest BCUT2D eigenvalue weighted by Crippen LogP contribution is 2.39. The van der Waals surface area contributed by atoms with Crippen LogP contribution in [0.1, 0.15) is 115 Å². The molecule has 4 aliphatic heterocycles. The number of ketones is 1. The molecular weight excluding hydrogens is 955 g/mol. The number of esters is 3. The zero-order chi connectivity index (χ0) is 54.6. The van der Waals surface area contributed by atoms with Gasteiger partial charge in [-0.3, -0.25) is 19.2 Å². The molecule has 0 aromatic carbocycles. The molecular formula is C53H87NO19. The molecule has 0 radical (unpaired) electrons. The predicted octanol–water partition coefficient (Wildman–Crippen LogP) is 4.00. The highest BCUT2D eigenvalue weighted by Gasteiger charge is 2.53. The maximum Gasteiger partial charge on any atom is 0.309 e. The van der Waals surface area contributed by atoms with Crippen LogP contribution >= 0.6 is 0 Å². The van der Waals surface area contributed by atoms with Crippen molar-refractivity contribution in [1.82, 2.24) is 4.90 Å². The summed E-state index contributed by atoms with van der Waals surface area (Å²) in [6, 6.07) is -0.809. The number of hydrogen-bond donors (Lipinski definition) is 3. The number of cyclic esters (lactones) is 1. The fraction of sp³-hybridized carbons (Fsp3) is 0.830. The Hall–Kier alpha value is -3.25. The van der Waals surface area contributed by atoms with Crippen molar-refractivity contribution in [3.8, 4) is 0 Å². The number of hydrogen-bond acceptors (Lipinski definition) is 20. The number of methoxy groups -OCH3 is 2. The Morgan fingerprint density at radius 3 is 2.12 bits per heavy atom. The minimum Gasteiger partial charge on any atom is -0.462 e. The standard InChI is InChI=1S/C53H87NO19/c1-16-38-36(26-65-52-49(64-15)48(63-14)44(60)31(7)67-52)22-28(4)17-18-37(57)29(5)23-35(19-20-55)46(30(6)39(69-34(10)56)24-41(59)70-38)73-51-45(61)43(54(12)13)47(32(8)68-51)72-42-25-53(11,62)50(33(9)66-42)71-40(58)21-27(2)3/h17-18,20,22,27,29-33,35-36,38-39,42-52,60-62H,16,19,21,23-26H2,1-15H3/b18-17-,28-22-/t29-,30+,31+,32+,33-,35+,36+,38+,39-,42+,43+,44-,45+,46-,47-,48-,49+,50+,51+,52+,53-/m1/s1. The number of aliphatic hydroxyl groups excluding tert-OH is 2. The Kier molecular flexibility index (Phi) is 24.1. The van der Waals surface area contributed by atoms with E-state index in [0.29, 0.717) is 18.3 Å². The fourth-order valence-corrected chi connectivity index (χ4v) is 10.6. The Balaban J connectivity index is 1.66. The summed E-state index contributed by atoms with van der Waals surface area (Å²) in [5, 5.41) is 34.6. The van der Waals surface area contributed by atoms with Crippen LogP contribution in [0, 0.1) is 29.6 Å². The first-order chi connectivity index (χ1) is 34.3. The first-order valence-electron chi connectivity index (χ1n) is 25.9. The van der Waals surface area contributed by atoms with Gasteiger partial charge in [0, 0.05) is 58.2 Å². The first kappa shape index (κ1) is 62.3. The average Bonchev–Trinajstić information content (AvgIpc) is 3.29. The molecule has 4 rings (SSSR count). The quantitative estimate of drug-likeness (QED) is 0.106. The smallest absolute Gasteiger partial charge is 0.309 e. The van der Waals surface area contributed by atoms with Gasteiger partial charge >= 0.3 is 17.9 Å². The maximum absolute atomic E-state index is 14.2. The molecule has 20 nitrogen and oxygen atoms in total. The van der Waals surface area contributed by atoms with Crippen molar-refractivity contribution in [2.24, 2.45) is 29.6 Å². The molecule has 0 aromatic heterocycles. The van der Waals surface area contributed by atoms with Crippen molar-refractivity contribution in [2.75, 3.05) is 34.9 Å². The maximum atomic E-state index is 14.2. The predicted molar refractivity (Wildman–Crippen MR) is 263 cm³/mol. The molecule has 418 valence electrons. The van der Waals surface area contributed by atoms with Gasteiger partial charge in [-0.25, -0.2) is 0 Å². The van der Waals surface area contributed by atoms with Crippen molar-refractivity contribution in [3.63, 3.8) is 0 Å². The van der Waals surface area contributed by atoms with Crippen molar-refractivity contribution in [2.45, 2.75) is 218 Å². The molecule has 0 spiro atoms. The normalized spacial score (nSPS) is 41.6. The Labute approximate surface area is 432 Å². The van der Waals surface area contributed by atoms with E-state index in [9.17, 15) is 39.3 Å². The summed E-state index contributed by atoms with van der Waals surface area (Å²) >= 11 is 0. The second kappa shape index (κ2) is 28.2. The van der Waals surface area contributed by atoms with E-state index in [1.54, 1.807) is 73.5 Å². The van der Waals surface area contributed by atoms with Gasteiger partial charge in [-0.2, -0.15) is 0 Å². The van der Waals surface area contributed by atoms with Crippen LogP contribution in [0.2, 0.25) is 0 Å². The van der Waals surface area contributed by atoms with E-state index in [1.165, 1.54) is 27.2 Å². The summed E-state index contributed by atoms with van der Waals surface area (Å²) in [4.78, 5) is 67.9. The minimum atomic E-state index is -1.53. The third kappa shape index (κ3) is 16.9. The number of ether oxygens (including phenoxy) is 11. The molecule has 73 heavy (non-hydrogen) atoms. The zero-order valence-electron chi connectivity index (χ0n) is 45.7. The van der Waals surface area contributed by atoms with Gasteiger partial charge in [0.05, 0.1) is 43.5 Å². The third-order valence-electron chi connectivity index (χ3n) is 14.5. The minimum absolute atomic E-state index is 0.0378. The van der Waals surface area contributed by atoms with E-state index < -0.39 is 152 Å². The van der Waals surface area contributed by atoms with Crippen molar-refractivity contribution in [1.29, 1.82) is 0 Å². The van der Waals surface area contributed by atoms with Crippen LogP contribution in [0.3, 0.4) is 0 Å². The number of allylic oxidation sites excluding steroid dienone is 3. The van der Waals surface area contributed by atoms with Crippen LogP contribution in [0.25, 0.3) is 0 Å². The molecule has 0 amide bonds. The average molecular weight is 1040 g/mol. The highest BCUT2D eigenvalue weighted by atomic mass is 16.7. The lowest BCUT2D eigenvalue weighted by atomic mass is 9.79. The third-order valence-corrected chi connectivity index (χ3v) is 14.5. The van der Waals surface area contributed by atoms with E-state index in [1.807, 2.05) is 26.8 Å². The Bertz CT molecular complexity index is 1860. The Morgan fingerprint density at radius 1 is 0.890 bits per heavy atom. The summed E-state index contributed by atoms with van der Waals surface area (Å²) in [7, 11) is 6.41. The van der Waals surface area contributed by atoms with Gasteiger partial charge in [-0.15, -0.1) is 0 Å². The van der Waals surface area contributed by atoms with E-state index in [4.69, 9.17) is 52.1 Å². The van der Waals surface area contributed by atoms with Gasteiger partial charge in [-0.1, -0.05) is 52.3 Å². The lowest BCUT2D eigenvalue weighted by molar-refractivity contribution is -0.342. The number of rotatable bonds is 17. The molecule has 0 saturated carbocycles.